The van der Waals surface area contributed by atoms with Gasteiger partial charge in [-0.2, -0.15) is 0 Å². The molecular formula is C68H55N3. The van der Waals surface area contributed by atoms with Crippen molar-refractivity contribution in [2.45, 2.75) is 52.4 Å². The van der Waals surface area contributed by atoms with E-state index in [2.05, 4.69) is 252 Å². The lowest BCUT2D eigenvalue weighted by molar-refractivity contribution is 0.795. The van der Waals surface area contributed by atoms with Gasteiger partial charge in [0.1, 0.15) is 0 Å². The summed E-state index contributed by atoms with van der Waals surface area (Å²) < 4.78 is 7.34. The number of rotatable bonds is 12. The van der Waals surface area contributed by atoms with Crippen molar-refractivity contribution in [3.63, 3.8) is 0 Å². The quantitative estimate of drug-likeness (QED) is 0.116. The Morgan fingerprint density at radius 1 is 0.282 bits per heavy atom. The molecule has 0 fully saturated rings. The lowest BCUT2D eigenvalue weighted by Crippen LogP contribution is -1.97. The van der Waals surface area contributed by atoms with Crippen LogP contribution in [0.5, 0.6) is 0 Å². The van der Waals surface area contributed by atoms with Gasteiger partial charge in [-0.1, -0.05) is 172 Å². The Bertz CT molecular complexity index is 4120. The molecule has 3 heteroatoms. The predicted octanol–water partition coefficient (Wildman–Crippen LogP) is 18.7. The van der Waals surface area contributed by atoms with E-state index < -0.39 is 0 Å². The number of fused-ring (bicyclic) bond motifs is 9. The molecule has 3 aromatic heterocycles. The van der Waals surface area contributed by atoms with Gasteiger partial charge in [-0.25, -0.2) is 0 Å². The summed E-state index contributed by atoms with van der Waals surface area (Å²) in [5.41, 5.74) is 20.9. The van der Waals surface area contributed by atoms with Crippen molar-refractivity contribution >= 4 is 65.4 Å². The summed E-state index contributed by atoms with van der Waals surface area (Å²) >= 11 is 0. The molecule has 0 amide bonds. The van der Waals surface area contributed by atoms with E-state index in [0.717, 1.165) is 18.5 Å². The highest BCUT2D eigenvalue weighted by Gasteiger charge is 2.20. The van der Waals surface area contributed by atoms with Crippen LogP contribution in [0, 0.1) is 0 Å². The van der Waals surface area contributed by atoms with Gasteiger partial charge in [0.05, 0.1) is 38.8 Å². The first kappa shape index (κ1) is 42.7. The average Bonchev–Trinajstić information content (AvgIpc) is 4.07. The number of unbranched alkanes of at least 4 members (excludes halogenated alkanes) is 2. The zero-order valence-corrected chi connectivity index (χ0v) is 40.4. The molecular weight excluding hydrogens is 859 g/mol. The Morgan fingerprint density at radius 3 is 1.37 bits per heavy atom. The monoisotopic (exact) mass is 913 g/mol. The van der Waals surface area contributed by atoms with Crippen molar-refractivity contribution in [1.82, 2.24) is 13.7 Å². The number of para-hydroxylation sites is 4. The van der Waals surface area contributed by atoms with E-state index in [0.29, 0.717) is 0 Å². The molecule has 0 atom stereocenters. The Kier molecular flexibility index (Phi) is 10.7. The Morgan fingerprint density at radius 2 is 0.732 bits per heavy atom. The molecule has 0 saturated carbocycles. The third kappa shape index (κ3) is 7.34. The Balaban J connectivity index is 0.887. The second kappa shape index (κ2) is 17.8. The number of hydrogen-bond acceptors (Lipinski definition) is 0. The van der Waals surface area contributed by atoms with Gasteiger partial charge >= 0.3 is 0 Å². The predicted molar refractivity (Wildman–Crippen MR) is 303 cm³/mol. The van der Waals surface area contributed by atoms with Crippen molar-refractivity contribution in [3.05, 3.63) is 236 Å². The van der Waals surface area contributed by atoms with Gasteiger partial charge in [0, 0.05) is 49.3 Å². The highest BCUT2D eigenvalue weighted by molar-refractivity contribution is 6.14. The maximum atomic E-state index is 2.46. The van der Waals surface area contributed by atoms with E-state index in [1.165, 1.54) is 147 Å². The minimum atomic E-state index is 1.12. The van der Waals surface area contributed by atoms with Gasteiger partial charge in [0.15, 0.2) is 0 Å². The van der Waals surface area contributed by atoms with Crippen LogP contribution in [0.25, 0.3) is 116 Å². The second-order valence-electron chi connectivity index (χ2n) is 19.4. The van der Waals surface area contributed by atoms with Crippen LogP contribution in [-0.2, 0) is 12.8 Å². The molecule has 0 radical (unpaired) electrons. The van der Waals surface area contributed by atoms with Crippen LogP contribution in [-0.4, -0.2) is 13.7 Å². The SMILES string of the molecule is CCCCc1ccc(-n2c3ccccc3c3cc(-n4c5ccccc5c5cc(-c6ccc7c(c6)c6ccccc6n7-c6ccccc6-c6ccc(-c7cccc(CCCC)c7)cc6)ccc54)ccc32)cc1. The van der Waals surface area contributed by atoms with Crippen molar-refractivity contribution < 1.29 is 0 Å². The number of aryl methyl sites for hydroxylation is 2. The standard InChI is InChI=1S/C68H55N3/c1-3-5-16-46-28-36-53(37-29-46)69-63-25-12-9-23-58(63)61-45-54(38-41-67(61)69)70-64-26-13-8-21-56(64)59-43-51(34-39-66(59)70)52-35-40-68-60(44-52)57-22-10-14-27-65(57)71(68)62-24-11-7-20-55(62)49-32-30-48(31-33-49)50-19-15-18-47(42-50)17-6-4-2/h7-15,18-45H,3-6,16-17H2,1-2H3. The van der Waals surface area contributed by atoms with Gasteiger partial charge in [0.2, 0.25) is 0 Å². The van der Waals surface area contributed by atoms with Crippen LogP contribution in [0.15, 0.2) is 224 Å². The van der Waals surface area contributed by atoms with E-state index in [-0.39, 0.29) is 0 Å². The maximum Gasteiger partial charge on any atom is 0.0542 e. The number of hydrogen-bond donors (Lipinski definition) is 0. The maximum absolute atomic E-state index is 2.46. The molecule has 342 valence electrons. The van der Waals surface area contributed by atoms with Crippen molar-refractivity contribution in [2.75, 3.05) is 0 Å². The van der Waals surface area contributed by atoms with E-state index in [4.69, 9.17) is 0 Å². The van der Waals surface area contributed by atoms with E-state index in [1.54, 1.807) is 0 Å². The molecule has 3 nitrogen and oxygen atoms in total. The fourth-order valence-corrected chi connectivity index (χ4v) is 11.5. The number of nitrogens with zero attached hydrogens (tertiary/aromatic N) is 3. The van der Waals surface area contributed by atoms with Crippen LogP contribution in [0.3, 0.4) is 0 Å². The molecule has 0 aliphatic heterocycles. The molecule has 13 aromatic rings. The van der Waals surface area contributed by atoms with Crippen LogP contribution >= 0.6 is 0 Å². The molecule has 13 rings (SSSR count). The summed E-state index contributed by atoms with van der Waals surface area (Å²) in [6.07, 6.45) is 7.09. The van der Waals surface area contributed by atoms with Crippen LogP contribution in [0.4, 0.5) is 0 Å². The zero-order valence-electron chi connectivity index (χ0n) is 40.4. The highest BCUT2D eigenvalue weighted by atomic mass is 15.0. The van der Waals surface area contributed by atoms with Crippen molar-refractivity contribution in [2.24, 2.45) is 0 Å². The molecule has 10 aromatic carbocycles. The Labute approximate surface area is 415 Å². The first-order valence-corrected chi connectivity index (χ1v) is 25.6. The Hall–Kier alpha value is -8.40. The minimum Gasteiger partial charge on any atom is -0.309 e. The summed E-state index contributed by atoms with van der Waals surface area (Å²) in [7, 11) is 0. The largest absolute Gasteiger partial charge is 0.309 e. The molecule has 0 unspecified atom stereocenters. The normalized spacial score (nSPS) is 11.9. The van der Waals surface area contributed by atoms with E-state index in [9.17, 15) is 0 Å². The number of aromatic nitrogens is 3. The fraction of sp³-hybridized carbons (Fsp3) is 0.118. The van der Waals surface area contributed by atoms with Gasteiger partial charge in [-0.05, 0) is 143 Å². The van der Waals surface area contributed by atoms with Gasteiger partial charge in [-0.3, -0.25) is 0 Å². The van der Waals surface area contributed by atoms with Crippen molar-refractivity contribution in [1.29, 1.82) is 0 Å². The van der Waals surface area contributed by atoms with Gasteiger partial charge in [0.25, 0.3) is 0 Å². The number of benzene rings is 10. The summed E-state index contributed by atoms with van der Waals surface area (Å²) in [6.45, 7) is 4.52. The zero-order chi connectivity index (χ0) is 47.4. The van der Waals surface area contributed by atoms with E-state index >= 15 is 0 Å². The second-order valence-corrected chi connectivity index (χ2v) is 19.4. The van der Waals surface area contributed by atoms with Crippen LogP contribution in [0.2, 0.25) is 0 Å². The van der Waals surface area contributed by atoms with E-state index in [1.807, 2.05) is 0 Å². The summed E-state index contributed by atoms with van der Waals surface area (Å²) in [5.74, 6) is 0. The highest BCUT2D eigenvalue weighted by Crippen LogP contribution is 2.41. The smallest absolute Gasteiger partial charge is 0.0542 e. The van der Waals surface area contributed by atoms with Gasteiger partial charge in [-0.15, -0.1) is 0 Å². The summed E-state index contributed by atoms with van der Waals surface area (Å²) in [6, 6.07) is 84.0. The molecule has 0 bridgehead atoms. The fourth-order valence-electron chi connectivity index (χ4n) is 11.5. The first-order chi connectivity index (χ1) is 35.1. The average molecular weight is 914 g/mol. The molecule has 71 heavy (non-hydrogen) atoms. The van der Waals surface area contributed by atoms with Crippen LogP contribution in [0.1, 0.15) is 50.7 Å². The molecule has 0 aliphatic rings. The summed E-state index contributed by atoms with van der Waals surface area (Å²) in [4.78, 5) is 0. The lowest BCUT2D eigenvalue weighted by atomic mass is 9.97. The molecule has 0 N–H and O–H groups in total. The van der Waals surface area contributed by atoms with Gasteiger partial charge < -0.3 is 13.7 Å². The third-order valence-electron chi connectivity index (χ3n) is 15.0. The third-order valence-corrected chi connectivity index (χ3v) is 15.0. The van der Waals surface area contributed by atoms with Crippen molar-refractivity contribution in [3.8, 4) is 50.4 Å². The lowest BCUT2D eigenvalue weighted by Gasteiger charge is -2.15. The minimum absolute atomic E-state index is 1.12. The first-order valence-electron chi connectivity index (χ1n) is 25.6. The summed E-state index contributed by atoms with van der Waals surface area (Å²) in [5, 5.41) is 7.50. The molecule has 0 spiro atoms. The van der Waals surface area contributed by atoms with Crippen LogP contribution < -0.4 is 0 Å². The topological polar surface area (TPSA) is 14.8 Å². The molecule has 0 aliphatic carbocycles. The molecule has 3 heterocycles. The molecule has 0 saturated heterocycles.